The van der Waals surface area contributed by atoms with Crippen LogP contribution in [-0.2, 0) is 4.79 Å². The van der Waals surface area contributed by atoms with Gasteiger partial charge >= 0.3 is 0 Å². The maximum Gasteiger partial charge on any atom is 0.234 e. The molecule has 0 bridgehead atoms. The number of carbonyl (C=O) groups is 1. The number of thioether (sulfide) groups is 1. The molecule has 0 aliphatic rings. The van der Waals surface area contributed by atoms with Crippen LogP contribution in [0.5, 0.6) is 0 Å². The fraction of sp³-hybridized carbons (Fsp3) is 0.0455. The number of nitrogens with one attached hydrogen (secondary N) is 1. The maximum atomic E-state index is 12.3. The second-order valence-electron chi connectivity index (χ2n) is 6.08. The van der Waals surface area contributed by atoms with Crippen LogP contribution < -0.4 is 5.32 Å². The van der Waals surface area contributed by atoms with Gasteiger partial charge in [0.05, 0.1) is 11.3 Å². The first-order chi connectivity index (χ1) is 13.7. The molecule has 0 radical (unpaired) electrons. The number of benzene rings is 3. The van der Waals surface area contributed by atoms with Gasteiger partial charge in [-0.15, -0.1) is 0 Å². The average Bonchev–Trinajstić information content (AvgIpc) is 2.73. The molecule has 0 spiro atoms. The lowest BCUT2D eigenvalue weighted by Crippen LogP contribution is -2.14. The van der Waals surface area contributed by atoms with Gasteiger partial charge in [0.25, 0.3) is 0 Å². The Hall–Kier alpha value is -2.89. The van der Waals surface area contributed by atoms with E-state index in [-0.39, 0.29) is 11.7 Å². The van der Waals surface area contributed by atoms with Crippen molar-refractivity contribution >= 4 is 45.9 Å². The molecule has 0 fully saturated rings. The number of halogens is 1. The van der Waals surface area contributed by atoms with Gasteiger partial charge in [-0.05, 0) is 30.3 Å². The van der Waals surface area contributed by atoms with Crippen LogP contribution in [0.1, 0.15) is 0 Å². The highest BCUT2D eigenvalue weighted by molar-refractivity contribution is 8.00. The molecular formula is C22H16ClN3OS. The summed E-state index contributed by atoms with van der Waals surface area (Å²) in [7, 11) is 0. The van der Waals surface area contributed by atoms with Gasteiger partial charge in [0, 0.05) is 21.7 Å². The smallest absolute Gasteiger partial charge is 0.234 e. The largest absolute Gasteiger partial charge is 0.325 e. The normalized spacial score (nSPS) is 10.8. The van der Waals surface area contributed by atoms with Crippen LogP contribution in [-0.4, -0.2) is 21.6 Å². The molecule has 0 saturated heterocycles. The summed E-state index contributed by atoms with van der Waals surface area (Å²) >= 11 is 7.55. The first-order valence-corrected chi connectivity index (χ1v) is 10.1. The molecular weight excluding hydrogens is 390 g/mol. The second kappa shape index (κ2) is 8.42. The zero-order valence-corrected chi connectivity index (χ0v) is 16.4. The Labute approximate surface area is 172 Å². The van der Waals surface area contributed by atoms with Crippen LogP contribution in [0.15, 0.2) is 83.9 Å². The second-order valence-corrected chi connectivity index (χ2v) is 7.48. The van der Waals surface area contributed by atoms with Crippen molar-refractivity contribution in [2.45, 2.75) is 5.03 Å². The number of nitrogens with zero attached hydrogens (tertiary/aromatic N) is 2. The fourth-order valence-electron chi connectivity index (χ4n) is 2.75. The van der Waals surface area contributed by atoms with Crippen LogP contribution in [0.3, 0.4) is 0 Å². The molecule has 6 heteroatoms. The van der Waals surface area contributed by atoms with Gasteiger partial charge in [0.15, 0.2) is 5.82 Å². The van der Waals surface area contributed by atoms with Crippen molar-refractivity contribution in [2.24, 2.45) is 0 Å². The number of para-hydroxylation sites is 1. The highest BCUT2D eigenvalue weighted by Gasteiger charge is 2.12. The van der Waals surface area contributed by atoms with Crippen molar-refractivity contribution < 1.29 is 4.79 Å². The van der Waals surface area contributed by atoms with Gasteiger partial charge < -0.3 is 5.32 Å². The number of amides is 1. The van der Waals surface area contributed by atoms with Crippen molar-refractivity contribution in [3.8, 4) is 11.4 Å². The number of anilines is 1. The molecule has 138 valence electrons. The molecule has 4 rings (SSSR count). The van der Waals surface area contributed by atoms with Gasteiger partial charge in [-0.25, -0.2) is 9.97 Å². The van der Waals surface area contributed by atoms with Crippen LogP contribution in [0, 0.1) is 0 Å². The molecule has 1 heterocycles. The summed E-state index contributed by atoms with van der Waals surface area (Å²) in [6.45, 7) is 0. The molecule has 0 aliphatic heterocycles. The third-order valence-electron chi connectivity index (χ3n) is 4.05. The van der Waals surface area contributed by atoms with Gasteiger partial charge in [0.1, 0.15) is 5.03 Å². The summed E-state index contributed by atoms with van der Waals surface area (Å²) < 4.78 is 0. The SMILES string of the molecule is O=C(CSc1nc(-c2ccccc2)nc2ccc(Cl)cc12)Nc1ccccc1. The van der Waals surface area contributed by atoms with Crippen molar-refractivity contribution in [1.82, 2.24) is 9.97 Å². The Morgan fingerprint density at radius 1 is 0.929 bits per heavy atom. The number of hydrogen-bond donors (Lipinski definition) is 1. The average molecular weight is 406 g/mol. The van der Waals surface area contributed by atoms with Crippen LogP contribution in [0.2, 0.25) is 5.02 Å². The number of carbonyl (C=O) groups excluding carboxylic acids is 1. The standard InChI is InChI=1S/C22H16ClN3OS/c23-16-11-12-19-18(13-16)22(26-21(25-19)15-7-3-1-4-8-15)28-14-20(27)24-17-9-5-2-6-10-17/h1-13H,14H2,(H,24,27). The first kappa shape index (κ1) is 18.5. The van der Waals surface area contributed by atoms with Crippen LogP contribution >= 0.6 is 23.4 Å². The number of fused-ring (bicyclic) bond motifs is 1. The molecule has 4 aromatic rings. The minimum atomic E-state index is -0.0914. The monoisotopic (exact) mass is 405 g/mol. The Balaban J connectivity index is 1.63. The van der Waals surface area contributed by atoms with Crippen molar-refractivity contribution in [2.75, 3.05) is 11.1 Å². The van der Waals surface area contributed by atoms with Crippen LogP contribution in [0.25, 0.3) is 22.3 Å². The van der Waals surface area contributed by atoms with E-state index >= 15 is 0 Å². The minimum absolute atomic E-state index is 0.0914. The Kier molecular flexibility index (Phi) is 5.55. The van der Waals surface area contributed by atoms with Crippen molar-refractivity contribution in [3.05, 3.63) is 83.9 Å². The molecule has 1 aromatic heterocycles. The summed E-state index contributed by atoms with van der Waals surface area (Å²) in [4.78, 5) is 21.7. The number of aromatic nitrogens is 2. The molecule has 0 unspecified atom stereocenters. The lowest BCUT2D eigenvalue weighted by atomic mass is 10.2. The zero-order chi connectivity index (χ0) is 19.3. The third kappa shape index (κ3) is 4.32. The van der Waals surface area contributed by atoms with E-state index in [0.717, 1.165) is 27.2 Å². The van der Waals surface area contributed by atoms with E-state index in [9.17, 15) is 4.79 Å². The highest BCUT2D eigenvalue weighted by Crippen LogP contribution is 2.30. The predicted molar refractivity (Wildman–Crippen MR) is 116 cm³/mol. The number of hydrogen-bond acceptors (Lipinski definition) is 4. The van der Waals surface area contributed by atoms with Gasteiger partial charge in [-0.2, -0.15) is 0 Å². The van der Waals surface area contributed by atoms with E-state index in [2.05, 4.69) is 10.3 Å². The van der Waals surface area contributed by atoms with Crippen molar-refractivity contribution in [1.29, 1.82) is 0 Å². The van der Waals surface area contributed by atoms with E-state index < -0.39 is 0 Å². The summed E-state index contributed by atoms with van der Waals surface area (Å²) in [6, 6.07) is 24.7. The van der Waals surface area contributed by atoms with Crippen molar-refractivity contribution in [3.63, 3.8) is 0 Å². The Morgan fingerprint density at radius 3 is 2.39 bits per heavy atom. The van der Waals surface area contributed by atoms with Gasteiger partial charge in [-0.1, -0.05) is 71.9 Å². The van der Waals surface area contributed by atoms with Gasteiger partial charge in [0.2, 0.25) is 5.91 Å². The van der Waals surface area contributed by atoms with E-state index in [1.54, 1.807) is 0 Å². The summed E-state index contributed by atoms with van der Waals surface area (Å²) in [5, 5.41) is 5.07. The predicted octanol–water partition coefficient (Wildman–Crippen LogP) is 5.68. The number of rotatable bonds is 5. The molecule has 4 nitrogen and oxygen atoms in total. The molecule has 0 atom stereocenters. The van der Waals surface area contributed by atoms with E-state index in [1.807, 2.05) is 78.9 Å². The van der Waals surface area contributed by atoms with Gasteiger partial charge in [-0.3, -0.25) is 4.79 Å². The molecule has 28 heavy (non-hydrogen) atoms. The molecule has 0 aliphatic carbocycles. The lowest BCUT2D eigenvalue weighted by Gasteiger charge is -2.09. The Bertz CT molecular complexity index is 1120. The van der Waals surface area contributed by atoms with E-state index in [4.69, 9.17) is 16.6 Å². The van der Waals surface area contributed by atoms with E-state index in [1.165, 1.54) is 11.8 Å². The first-order valence-electron chi connectivity index (χ1n) is 8.69. The summed E-state index contributed by atoms with van der Waals surface area (Å²) in [6.07, 6.45) is 0. The van der Waals surface area contributed by atoms with Crippen LogP contribution in [0.4, 0.5) is 5.69 Å². The quantitative estimate of drug-likeness (QED) is 0.342. The Morgan fingerprint density at radius 2 is 1.64 bits per heavy atom. The molecule has 1 N–H and O–H groups in total. The minimum Gasteiger partial charge on any atom is -0.325 e. The molecule has 3 aromatic carbocycles. The summed E-state index contributed by atoms with van der Waals surface area (Å²) in [5.74, 6) is 0.773. The molecule has 0 saturated carbocycles. The zero-order valence-electron chi connectivity index (χ0n) is 14.8. The fourth-order valence-corrected chi connectivity index (χ4v) is 3.73. The lowest BCUT2D eigenvalue weighted by molar-refractivity contribution is -0.113. The highest BCUT2D eigenvalue weighted by atomic mass is 35.5. The third-order valence-corrected chi connectivity index (χ3v) is 5.28. The topological polar surface area (TPSA) is 54.9 Å². The maximum absolute atomic E-state index is 12.3. The summed E-state index contributed by atoms with van der Waals surface area (Å²) in [5.41, 5.74) is 2.49. The van der Waals surface area contributed by atoms with E-state index in [0.29, 0.717) is 10.8 Å². The molecule has 1 amide bonds.